The number of nitrogens with zero attached hydrogens (tertiary/aromatic N) is 5. The minimum Gasteiger partial charge on any atom is -0.483 e. The normalized spacial score (nSPS) is 22.9. The lowest BCUT2D eigenvalue weighted by molar-refractivity contribution is 0.0391. The van der Waals surface area contributed by atoms with E-state index in [0.717, 1.165) is 47.2 Å². The molecule has 0 saturated carbocycles. The summed E-state index contributed by atoms with van der Waals surface area (Å²) in [7, 11) is 0. The summed E-state index contributed by atoms with van der Waals surface area (Å²) in [6, 6.07) is 11.7. The zero-order valence-corrected chi connectivity index (χ0v) is 25.7. The zero-order valence-electron chi connectivity index (χ0n) is 25.7. The number of nitrogens with one attached hydrogen (secondary N) is 1. The van der Waals surface area contributed by atoms with Gasteiger partial charge in [-0.05, 0) is 88.2 Å². The standard InChI is InChI=1S/C33H38N6O6/c1-20(40)21-4-7-24(8-5-21)38-30(41)37-15-12-26-29(39(37)31(38)42)25-9-6-22(18-28(25)45-33(26,2)3)27-19-35(16-17-36(27)32(43)44)23-10-13-34-14-11-23/h4-9,12,18,23,27,29,34H,10-11,13-17,19H2,1-3H3,(H,43,44). The van der Waals surface area contributed by atoms with E-state index in [2.05, 4.69) is 10.2 Å². The van der Waals surface area contributed by atoms with Gasteiger partial charge in [-0.2, -0.15) is 0 Å². The Morgan fingerprint density at radius 2 is 1.73 bits per heavy atom. The smallest absolute Gasteiger partial charge is 0.407 e. The number of amides is 1. The van der Waals surface area contributed by atoms with Crippen LogP contribution in [0.15, 0.2) is 63.7 Å². The number of allylic oxidation sites excluding steroid dienone is 1. The summed E-state index contributed by atoms with van der Waals surface area (Å²) in [6.07, 6.45) is 3.08. The van der Waals surface area contributed by atoms with Gasteiger partial charge in [0.15, 0.2) is 5.78 Å². The van der Waals surface area contributed by atoms with Gasteiger partial charge < -0.3 is 15.2 Å². The molecule has 2 N–H and O–H groups in total. The minimum absolute atomic E-state index is 0.102. The Morgan fingerprint density at radius 1 is 1.00 bits per heavy atom. The molecule has 7 rings (SSSR count). The van der Waals surface area contributed by atoms with Gasteiger partial charge in [0.25, 0.3) is 0 Å². The number of carbonyl (C=O) groups excluding carboxylic acids is 1. The summed E-state index contributed by atoms with van der Waals surface area (Å²) in [5.41, 5.74) is 1.58. The second kappa shape index (κ2) is 10.9. The van der Waals surface area contributed by atoms with Crippen LogP contribution < -0.4 is 21.4 Å². The van der Waals surface area contributed by atoms with Gasteiger partial charge in [-0.15, -0.1) is 0 Å². The van der Waals surface area contributed by atoms with Gasteiger partial charge in [-0.3, -0.25) is 14.6 Å². The molecule has 12 heteroatoms. The average Bonchev–Trinajstić information content (AvgIpc) is 3.29. The fraction of sp³-hybridized carbons (Fsp3) is 0.455. The molecule has 3 aromatic rings. The maximum Gasteiger partial charge on any atom is 0.407 e. The third-order valence-electron chi connectivity index (χ3n) is 9.87. The molecule has 2 saturated heterocycles. The SMILES string of the molecule is CC(=O)c1ccc(-n2c(=O)n3n(c2=O)C2C(=CC3)C(C)(C)Oc3cc(C4CN(C5CCNCC5)CCN4C(=O)O)ccc32)cc1. The predicted octanol–water partition coefficient (Wildman–Crippen LogP) is 2.79. The van der Waals surface area contributed by atoms with Gasteiger partial charge in [0.2, 0.25) is 0 Å². The summed E-state index contributed by atoms with van der Waals surface area (Å²) in [5.74, 6) is 0.463. The molecule has 0 bridgehead atoms. The highest BCUT2D eigenvalue weighted by atomic mass is 16.5. The lowest BCUT2D eigenvalue weighted by Crippen LogP contribution is -2.55. The average molecular weight is 615 g/mol. The molecule has 0 radical (unpaired) electrons. The van der Waals surface area contributed by atoms with E-state index in [9.17, 15) is 24.3 Å². The summed E-state index contributed by atoms with van der Waals surface area (Å²) in [5, 5.41) is 13.5. The Morgan fingerprint density at radius 3 is 2.42 bits per heavy atom. The number of hydrogen-bond acceptors (Lipinski definition) is 7. The Balaban J connectivity index is 1.29. The van der Waals surface area contributed by atoms with Crippen molar-refractivity contribution >= 4 is 11.9 Å². The largest absolute Gasteiger partial charge is 0.483 e. The molecule has 0 spiro atoms. The molecule has 236 valence electrons. The molecular formula is C33H38N6O6. The number of fused-ring (bicyclic) bond motifs is 5. The summed E-state index contributed by atoms with van der Waals surface area (Å²) in [6.45, 7) is 9.21. The van der Waals surface area contributed by atoms with Crippen LogP contribution in [0.25, 0.3) is 5.69 Å². The first-order valence-electron chi connectivity index (χ1n) is 15.6. The third kappa shape index (κ3) is 4.83. The topological polar surface area (TPSA) is 131 Å². The van der Waals surface area contributed by atoms with Crippen molar-refractivity contribution in [2.24, 2.45) is 0 Å². The lowest BCUT2D eigenvalue weighted by atomic mass is 9.82. The van der Waals surface area contributed by atoms with Gasteiger partial charge in [-0.1, -0.05) is 18.2 Å². The van der Waals surface area contributed by atoms with E-state index in [-0.39, 0.29) is 18.4 Å². The first-order chi connectivity index (χ1) is 21.5. The number of aromatic nitrogens is 3. The Bertz CT molecular complexity index is 1830. The molecule has 2 atom stereocenters. The maximum atomic E-state index is 14.0. The fourth-order valence-corrected chi connectivity index (χ4v) is 7.51. The van der Waals surface area contributed by atoms with Crippen LogP contribution in [-0.2, 0) is 6.54 Å². The van der Waals surface area contributed by atoms with E-state index in [0.29, 0.717) is 42.7 Å². The minimum atomic E-state index is -0.949. The summed E-state index contributed by atoms with van der Waals surface area (Å²) in [4.78, 5) is 55.7. The highest BCUT2D eigenvalue weighted by Crippen LogP contribution is 2.47. The summed E-state index contributed by atoms with van der Waals surface area (Å²) < 4.78 is 10.7. The fourth-order valence-electron chi connectivity index (χ4n) is 7.51. The second-order valence-electron chi connectivity index (χ2n) is 12.9. The molecule has 0 aliphatic carbocycles. The molecule has 4 aliphatic heterocycles. The molecule has 2 unspecified atom stereocenters. The van der Waals surface area contributed by atoms with E-state index < -0.39 is 29.1 Å². The van der Waals surface area contributed by atoms with Crippen molar-refractivity contribution < 1.29 is 19.4 Å². The Labute approximate surface area is 260 Å². The molecule has 2 fully saturated rings. The third-order valence-corrected chi connectivity index (χ3v) is 9.87. The Kier molecular flexibility index (Phi) is 7.08. The number of hydrogen-bond donors (Lipinski definition) is 2. The van der Waals surface area contributed by atoms with Crippen molar-refractivity contribution in [2.75, 3.05) is 32.7 Å². The highest BCUT2D eigenvalue weighted by molar-refractivity contribution is 5.94. The zero-order chi connectivity index (χ0) is 31.6. The number of piperidine rings is 1. The molecule has 12 nitrogen and oxygen atoms in total. The number of piperazine rings is 1. The van der Waals surface area contributed by atoms with Crippen molar-refractivity contribution in [3.8, 4) is 11.4 Å². The first kappa shape index (κ1) is 29.3. The number of carbonyl (C=O) groups is 2. The van der Waals surface area contributed by atoms with Gasteiger partial charge in [-0.25, -0.2) is 28.3 Å². The summed E-state index contributed by atoms with van der Waals surface area (Å²) >= 11 is 0. The number of rotatable bonds is 4. The Hall–Kier alpha value is -4.42. The molecule has 1 amide bonds. The van der Waals surface area contributed by atoms with Crippen LogP contribution in [0.4, 0.5) is 4.79 Å². The number of ether oxygens (including phenoxy) is 1. The number of carboxylic acid groups (broad SMARTS) is 1. The van der Waals surface area contributed by atoms with Gasteiger partial charge >= 0.3 is 17.5 Å². The van der Waals surface area contributed by atoms with E-state index in [1.54, 1.807) is 24.3 Å². The van der Waals surface area contributed by atoms with Gasteiger partial charge in [0.1, 0.15) is 17.4 Å². The highest BCUT2D eigenvalue weighted by Gasteiger charge is 2.44. The van der Waals surface area contributed by atoms with Crippen LogP contribution in [0, 0.1) is 0 Å². The van der Waals surface area contributed by atoms with Crippen LogP contribution in [0.2, 0.25) is 0 Å². The van der Waals surface area contributed by atoms with Crippen LogP contribution >= 0.6 is 0 Å². The lowest BCUT2D eigenvalue weighted by Gasteiger charge is -2.45. The number of Topliss-reactive ketones (excluding diaryl/α,β-unsaturated/α-hetero) is 1. The van der Waals surface area contributed by atoms with Crippen molar-refractivity contribution in [3.05, 3.63) is 91.8 Å². The molecule has 2 aromatic carbocycles. The van der Waals surface area contributed by atoms with Crippen LogP contribution in [0.3, 0.4) is 0 Å². The quantitative estimate of drug-likeness (QED) is 0.339. The van der Waals surface area contributed by atoms with E-state index >= 15 is 0 Å². The van der Waals surface area contributed by atoms with Crippen LogP contribution in [0.1, 0.15) is 67.2 Å². The second-order valence-corrected chi connectivity index (χ2v) is 12.9. The molecule has 5 heterocycles. The predicted molar refractivity (Wildman–Crippen MR) is 167 cm³/mol. The van der Waals surface area contributed by atoms with Gasteiger partial charge in [0.05, 0.1) is 18.3 Å². The van der Waals surface area contributed by atoms with Crippen molar-refractivity contribution in [1.29, 1.82) is 0 Å². The number of ketones is 1. The molecule has 4 aliphatic rings. The number of benzene rings is 2. The molecular weight excluding hydrogens is 576 g/mol. The van der Waals surface area contributed by atoms with Crippen LogP contribution in [0.5, 0.6) is 5.75 Å². The van der Waals surface area contributed by atoms with E-state index in [4.69, 9.17) is 4.74 Å². The molecule has 1 aromatic heterocycles. The van der Waals surface area contributed by atoms with Crippen molar-refractivity contribution in [3.63, 3.8) is 0 Å². The van der Waals surface area contributed by atoms with Crippen LogP contribution in [-0.4, -0.2) is 85.1 Å². The first-order valence-corrected chi connectivity index (χ1v) is 15.6. The molecule has 45 heavy (non-hydrogen) atoms. The van der Waals surface area contributed by atoms with Crippen molar-refractivity contribution in [2.45, 2.75) is 63.9 Å². The van der Waals surface area contributed by atoms with E-state index in [1.807, 2.05) is 38.1 Å². The van der Waals surface area contributed by atoms with Crippen molar-refractivity contribution in [1.82, 2.24) is 29.0 Å². The van der Waals surface area contributed by atoms with E-state index in [1.165, 1.54) is 21.2 Å². The van der Waals surface area contributed by atoms with Gasteiger partial charge in [0, 0.05) is 36.8 Å². The monoisotopic (exact) mass is 614 g/mol. The maximum absolute atomic E-state index is 14.0.